The molecule has 1 N–H and O–H groups in total. The van der Waals surface area contributed by atoms with Crippen LogP contribution in [0.4, 0.5) is 0 Å². The van der Waals surface area contributed by atoms with E-state index in [1.165, 1.54) is 12.8 Å². The minimum atomic E-state index is 0.0677. The highest BCUT2D eigenvalue weighted by Crippen LogP contribution is 2.36. The van der Waals surface area contributed by atoms with Gasteiger partial charge in [0.2, 0.25) is 0 Å². The molecule has 0 aliphatic carbocycles. The van der Waals surface area contributed by atoms with E-state index in [1.54, 1.807) is 0 Å². The van der Waals surface area contributed by atoms with Crippen LogP contribution in [0.5, 0.6) is 0 Å². The van der Waals surface area contributed by atoms with Gasteiger partial charge in [-0.15, -0.1) is 0 Å². The highest BCUT2D eigenvalue weighted by atomic mass is 16.5. The van der Waals surface area contributed by atoms with Crippen LogP contribution in [0.3, 0.4) is 0 Å². The van der Waals surface area contributed by atoms with Crippen LogP contribution in [0.1, 0.15) is 33.6 Å². The molecule has 1 unspecified atom stereocenters. The van der Waals surface area contributed by atoms with Crippen LogP contribution in [0, 0.1) is 0 Å². The van der Waals surface area contributed by atoms with Gasteiger partial charge < -0.3 is 10.1 Å². The Hall–Kier alpha value is -0.0800. The zero-order valence-corrected chi connectivity index (χ0v) is 8.03. The van der Waals surface area contributed by atoms with Gasteiger partial charge in [0, 0.05) is 6.54 Å². The number of nitrogens with one attached hydrogen (secondary N) is 1. The van der Waals surface area contributed by atoms with Crippen LogP contribution in [-0.2, 0) is 4.74 Å². The Bertz CT molecular complexity index is 144. The third kappa shape index (κ3) is 2.17. The van der Waals surface area contributed by atoms with Crippen molar-refractivity contribution in [3.05, 3.63) is 0 Å². The predicted molar refractivity (Wildman–Crippen MR) is 46.7 cm³/mol. The van der Waals surface area contributed by atoms with Crippen molar-refractivity contribution in [1.29, 1.82) is 0 Å². The molecule has 1 atom stereocenters. The lowest BCUT2D eigenvalue weighted by atomic mass is 9.99. The molecule has 1 fully saturated rings. The zero-order chi connectivity index (χ0) is 8.54. The number of hydrogen-bond acceptors (Lipinski definition) is 2. The molecular formula is C9H19NO. The van der Waals surface area contributed by atoms with Crippen LogP contribution in [0.2, 0.25) is 0 Å². The van der Waals surface area contributed by atoms with E-state index in [0.717, 1.165) is 6.54 Å². The van der Waals surface area contributed by atoms with Crippen LogP contribution in [0.15, 0.2) is 0 Å². The van der Waals surface area contributed by atoms with Gasteiger partial charge >= 0.3 is 0 Å². The Labute approximate surface area is 69.3 Å². The second-order valence-corrected chi connectivity index (χ2v) is 4.34. The molecule has 0 bridgehead atoms. The van der Waals surface area contributed by atoms with Crippen LogP contribution in [0.25, 0.3) is 0 Å². The van der Waals surface area contributed by atoms with Gasteiger partial charge in [-0.2, -0.15) is 0 Å². The molecule has 11 heavy (non-hydrogen) atoms. The first kappa shape index (κ1) is 9.01. The van der Waals surface area contributed by atoms with Gasteiger partial charge in [0.15, 0.2) is 0 Å². The second-order valence-electron chi connectivity index (χ2n) is 4.34. The summed E-state index contributed by atoms with van der Waals surface area (Å²) in [5.74, 6) is 0. The smallest absolute Gasteiger partial charge is 0.0786 e. The van der Waals surface area contributed by atoms with Gasteiger partial charge in [-0.25, -0.2) is 0 Å². The molecule has 2 nitrogen and oxygen atoms in total. The lowest BCUT2D eigenvalue weighted by molar-refractivity contribution is -0.0726. The molecule has 0 aromatic rings. The van der Waals surface area contributed by atoms with E-state index >= 15 is 0 Å². The minimum Gasteiger partial charge on any atom is -0.368 e. The molecule has 2 heteroatoms. The summed E-state index contributed by atoms with van der Waals surface area (Å²) in [6, 6.07) is 0. The molecule has 1 heterocycles. The van der Waals surface area contributed by atoms with E-state index in [4.69, 9.17) is 4.74 Å². The van der Waals surface area contributed by atoms with Gasteiger partial charge in [0.05, 0.1) is 11.2 Å². The monoisotopic (exact) mass is 157 g/mol. The van der Waals surface area contributed by atoms with E-state index < -0.39 is 0 Å². The van der Waals surface area contributed by atoms with Crippen molar-refractivity contribution in [3.8, 4) is 0 Å². The van der Waals surface area contributed by atoms with Crippen LogP contribution in [-0.4, -0.2) is 24.8 Å². The quantitative estimate of drug-likeness (QED) is 0.656. The van der Waals surface area contributed by atoms with Crippen molar-refractivity contribution in [2.24, 2.45) is 0 Å². The Morgan fingerprint density at radius 2 is 1.91 bits per heavy atom. The molecule has 0 aromatic carbocycles. The minimum absolute atomic E-state index is 0.0677. The number of hydrogen-bond donors (Lipinski definition) is 1. The molecule has 0 radical (unpaired) electrons. The Morgan fingerprint density at radius 3 is 2.27 bits per heavy atom. The van der Waals surface area contributed by atoms with Crippen molar-refractivity contribution in [3.63, 3.8) is 0 Å². The summed E-state index contributed by atoms with van der Waals surface area (Å²) in [7, 11) is 1.97. The molecule has 0 saturated carbocycles. The highest BCUT2D eigenvalue weighted by molar-refractivity contribution is 4.90. The molecule has 66 valence electrons. The maximum Gasteiger partial charge on any atom is 0.0786 e. The van der Waals surface area contributed by atoms with Crippen LogP contribution >= 0.6 is 0 Å². The molecule has 1 saturated heterocycles. The van der Waals surface area contributed by atoms with Crippen molar-refractivity contribution in [2.45, 2.75) is 44.8 Å². The molecule has 1 rings (SSSR count). The Kier molecular flexibility index (Phi) is 2.26. The summed E-state index contributed by atoms with van der Waals surface area (Å²) in [4.78, 5) is 0. The average Bonchev–Trinajstić information content (AvgIpc) is 2.07. The first-order valence-electron chi connectivity index (χ1n) is 4.32. The van der Waals surface area contributed by atoms with Gasteiger partial charge in [0.1, 0.15) is 0 Å². The Balaban J connectivity index is 2.51. The maximum absolute atomic E-state index is 5.91. The fourth-order valence-electron chi connectivity index (χ4n) is 1.83. The normalized spacial score (nSPS) is 36.0. The number of likely N-dealkylation sites (N-methyl/N-ethyl adjacent to an activating group) is 1. The number of rotatable bonds is 2. The molecule has 0 amide bonds. The maximum atomic E-state index is 5.91. The molecule has 0 spiro atoms. The van der Waals surface area contributed by atoms with Gasteiger partial charge in [-0.1, -0.05) is 0 Å². The third-order valence-corrected chi connectivity index (χ3v) is 2.33. The SMILES string of the molecule is CNCC1(C)CCC(C)(C)O1. The van der Waals surface area contributed by atoms with Crippen molar-refractivity contribution in [1.82, 2.24) is 5.32 Å². The fourth-order valence-corrected chi connectivity index (χ4v) is 1.83. The van der Waals surface area contributed by atoms with Crippen molar-refractivity contribution >= 4 is 0 Å². The van der Waals surface area contributed by atoms with E-state index in [-0.39, 0.29) is 11.2 Å². The molecular weight excluding hydrogens is 138 g/mol. The fraction of sp³-hybridized carbons (Fsp3) is 1.00. The van der Waals surface area contributed by atoms with Gasteiger partial charge in [-0.05, 0) is 40.7 Å². The summed E-state index contributed by atoms with van der Waals surface area (Å²) in [5, 5.41) is 3.16. The summed E-state index contributed by atoms with van der Waals surface area (Å²) in [6.07, 6.45) is 2.34. The second kappa shape index (κ2) is 2.76. The van der Waals surface area contributed by atoms with Gasteiger partial charge in [0.25, 0.3) is 0 Å². The zero-order valence-electron chi connectivity index (χ0n) is 8.03. The standard InChI is InChI=1S/C9H19NO/c1-8(2)5-6-9(3,11-8)7-10-4/h10H,5-7H2,1-4H3. The van der Waals surface area contributed by atoms with Crippen molar-refractivity contribution in [2.75, 3.05) is 13.6 Å². The topological polar surface area (TPSA) is 21.3 Å². The highest BCUT2D eigenvalue weighted by Gasteiger charge is 2.39. The largest absolute Gasteiger partial charge is 0.368 e. The van der Waals surface area contributed by atoms with Crippen molar-refractivity contribution < 1.29 is 4.74 Å². The predicted octanol–water partition coefficient (Wildman–Crippen LogP) is 1.55. The average molecular weight is 157 g/mol. The lowest BCUT2D eigenvalue weighted by Gasteiger charge is -2.27. The molecule has 1 aliphatic heterocycles. The first-order chi connectivity index (χ1) is 4.97. The van der Waals surface area contributed by atoms with E-state index in [9.17, 15) is 0 Å². The van der Waals surface area contributed by atoms with E-state index in [2.05, 4.69) is 26.1 Å². The van der Waals surface area contributed by atoms with E-state index in [0.29, 0.717) is 0 Å². The van der Waals surface area contributed by atoms with Gasteiger partial charge in [-0.3, -0.25) is 0 Å². The lowest BCUT2D eigenvalue weighted by Crippen LogP contribution is -2.38. The summed E-state index contributed by atoms with van der Waals surface area (Å²) >= 11 is 0. The Morgan fingerprint density at radius 1 is 1.27 bits per heavy atom. The summed E-state index contributed by atoms with van der Waals surface area (Å²) in [5.41, 5.74) is 0.157. The number of ether oxygens (including phenoxy) is 1. The summed E-state index contributed by atoms with van der Waals surface area (Å²) < 4.78 is 5.91. The summed E-state index contributed by atoms with van der Waals surface area (Å²) in [6.45, 7) is 7.45. The van der Waals surface area contributed by atoms with Crippen LogP contribution < -0.4 is 5.32 Å². The molecule has 1 aliphatic rings. The first-order valence-corrected chi connectivity index (χ1v) is 4.32. The van der Waals surface area contributed by atoms with E-state index in [1.807, 2.05) is 7.05 Å². The third-order valence-electron chi connectivity index (χ3n) is 2.33. The molecule has 0 aromatic heterocycles.